The van der Waals surface area contributed by atoms with E-state index in [4.69, 9.17) is 0 Å². The summed E-state index contributed by atoms with van der Waals surface area (Å²) in [6.45, 7) is 5.81. The Morgan fingerprint density at radius 1 is 1.18 bits per heavy atom. The van der Waals surface area contributed by atoms with E-state index in [1.165, 1.54) is 0 Å². The number of fused-ring (bicyclic) bond motifs is 1. The summed E-state index contributed by atoms with van der Waals surface area (Å²) in [6.07, 6.45) is 2.02. The molecule has 1 aromatic carbocycles. The molecule has 2 heterocycles. The molecule has 3 aromatic rings. The molecule has 0 bridgehead atoms. The van der Waals surface area contributed by atoms with Crippen molar-refractivity contribution < 1.29 is 4.79 Å². The molecule has 4 heteroatoms. The highest BCUT2D eigenvalue weighted by atomic mass is 16.1. The van der Waals surface area contributed by atoms with Gasteiger partial charge in [0.2, 0.25) is 5.91 Å². The number of anilines is 1. The molecule has 0 spiro atoms. The molecular weight excluding hydrogens is 274 g/mol. The summed E-state index contributed by atoms with van der Waals surface area (Å²) in [4.78, 5) is 16.5. The third kappa shape index (κ3) is 2.72. The highest BCUT2D eigenvalue weighted by Gasteiger charge is 2.09. The van der Waals surface area contributed by atoms with Gasteiger partial charge in [-0.05, 0) is 31.2 Å². The van der Waals surface area contributed by atoms with E-state index in [1.54, 1.807) is 0 Å². The van der Waals surface area contributed by atoms with E-state index in [9.17, 15) is 4.79 Å². The molecule has 0 aliphatic rings. The number of nitrogens with zero attached hydrogens (tertiary/aromatic N) is 2. The van der Waals surface area contributed by atoms with Crippen LogP contribution in [0.2, 0.25) is 0 Å². The molecule has 0 unspecified atom stereocenters. The van der Waals surface area contributed by atoms with Crippen LogP contribution in [-0.2, 0) is 4.79 Å². The highest BCUT2D eigenvalue weighted by Crippen LogP contribution is 2.23. The molecule has 4 nitrogen and oxygen atoms in total. The topological polar surface area (TPSA) is 46.4 Å². The Bertz CT molecular complexity index is 833. The van der Waals surface area contributed by atoms with Crippen molar-refractivity contribution in [2.24, 2.45) is 5.92 Å². The maximum atomic E-state index is 11.8. The molecule has 1 amide bonds. The lowest BCUT2D eigenvalue weighted by molar-refractivity contribution is -0.118. The first-order valence-electron chi connectivity index (χ1n) is 7.40. The number of nitrogens with one attached hydrogen (secondary N) is 1. The monoisotopic (exact) mass is 293 g/mol. The van der Waals surface area contributed by atoms with Crippen LogP contribution in [0, 0.1) is 12.8 Å². The van der Waals surface area contributed by atoms with E-state index in [1.807, 2.05) is 56.4 Å². The van der Waals surface area contributed by atoms with Crippen LogP contribution in [0.25, 0.3) is 16.9 Å². The SMILES string of the molecule is Cc1cccc2nc(-c3cccc(NC(=O)C(C)C)c3)cn12. The summed E-state index contributed by atoms with van der Waals surface area (Å²) < 4.78 is 2.06. The van der Waals surface area contributed by atoms with Gasteiger partial charge in [0.05, 0.1) is 5.69 Å². The fourth-order valence-corrected chi connectivity index (χ4v) is 2.33. The zero-order chi connectivity index (χ0) is 15.7. The number of pyridine rings is 1. The lowest BCUT2D eigenvalue weighted by Crippen LogP contribution is -2.17. The Morgan fingerprint density at radius 2 is 1.95 bits per heavy atom. The largest absolute Gasteiger partial charge is 0.326 e. The van der Waals surface area contributed by atoms with Crippen molar-refractivity contribution in [1.29, 1.82) is 0 Å². The number of carbonyl (C=O) groups is 1. The Kier molecular flexibility index (Phi) is 3.67. The van der Waals surface area contributed by atoms with Gasteiger partial charge in [-0.2, -0.15) is 0 Å². The average molecular weight is 293 g/mol. The van der Waals surface area contributed by atoms with Crippen LogP contribution >= 0.6 is 0 Å². The minimum absolute atomic E-state index is 0.0167. The van der Waals surface area contributed by atoms with Gasteiger partial charge >= 0.3 is 0 Å². The maximum absolute atomic E-state index is 11.8. The number of aromatic nitrogens is 2. The number of carbonyl (C=O) groups excluding carboxylic acids is 1. The number of benzene rings is 1. The first-order chi connectivity index (χ1) is 10.5. The standard InChI is InChI=1S/C18H19N3O/c1-12(2)18(22)19-15-8-5-7-14(10-15)16-11-21-13(3)6-4-9-17(21)20-16/h4-12H,1-3H3,(H,19,22). The molecule has 112 valence electrons. The number of amides is 1. The van der Waals surface area contributed by atoms with E-state index in [-0.39, 0.29) is 11.8 Å². The minimum atomic E-state index is -0.0403. The van der Waals surface area contributed by atoms with Crippen molar-refractivity contribution in [2.75, 3.05) is 5.32 Å². The summed E-state index contributed by atoms with van der Waals surface area (Å²) in [7, 11) is 0. The fraction of sp³-hybridized carbons (Fsp3) is 0.222. The molecule has 22 heavy (non-hydrogen) atoms. The van der Waals surface area contributed by atoms with Crippen LogP contribution in [0.15, 0.2) is 48.7 Å². The molecule has 0 fully saturated rings. The number of rotatable bonds is 3. The van der Waals surface area contributed by atoms with Crippen LogP contribution in [-0.4, -0.2) is 15.3 Å². The summed E-state index contributed by atoms with van der Waals surface area (Å²) in [5.41, 5.74) is 4.75. The summed E-state index contributed by atoms with van der Waals surface area (Å²) in [5.74, 6) is -0.0236. The first kappa shape index (κ1) is 14.3. The number of hydrogen-bond donors (Lipinski definition) is 1. The molecule has 3 rings (SSSR count). The fourth-order valence-electron chi connectivity index (χ4n) is 2.33. The van der Waals surface area contributed by atoms with Crippen LogP contribution in [0.3, 0.4) is 0 Å². The minimum Gasteiger partial charge on any atom is -0.326 e. The smallest absolute Gasteiger partial charge is 0.226 e. The van der Waals surface area contributed by atoms with Crippen LogP contribution in [0.4, 0.5) is 5.69 Å². The maximum Gasteiger partial charge on any atom is 0.226 e. The van der Waals surface area contributed by atoms with Gasteiger partial charge in [0.1, 0.15) is 5.65 Å². The third-order valence-electron chi connectivity index (χ3n) is 3.65. The zero-order valence-electron chi connectivity index (χ0n) is 13.0. The highest BCUT2D eigenvalue weighted by molar-refractivity contribution is 5.92. The van der Waals surface area contributed by atoms with Gasteiger partial charge in [-0.25, -0.2) is 4.98 Å². The Morgan fingerprint density at radius 3 is 2.68 bits per heavy atom. The van der Waals surface area contributed by atoms with Crippen LogP contribution in [0.5, 0.6) is 0 Å². The quantitative estimate of drug-likeness (QED) is 0.796. The van der Waals surface area contributed by atoms with Gasteiger partial charge in [-0.1, -0.05) is 32.0 Å². The lowest BCUT2D eigenvalue weighted by Gasteiger charge is -2.08. The predicted octanol–water partition coefficient (Wildman–Crippen LogP) is 3.90. The molecular formula is C18H19N3O. The molecule has 0 aliphatic heterocycles. The summed E-state index contributed by atoms with van der Waals surface area (Å²) in [6, 6.07) is 13.8. The molecule has 0 radical (unpaired) electrons. The van der Waals surface area contributed by atoms with E-state index < -0.39 is 0 Å². The molecule has 0 saturated carbocycles. The first-order valence-corrected chi connectivity index (χ1v) is 7.40. The predicted molar refractivity (Wildman–Crippen MR) is 88.8 cm³/mol. The second kappa shape index (κ2) is 5.64. The second-order valence-electron chi connectivity index (χ2n) is 5.75. The number of aryl methyl sites for hydroxylation is 1. The lowest BCUT2D eigenvalue weighted by atomic mass is 10.1. The van der Waals surface area contributed by atoms with Gasteiger partial charge in [-0.3, -0.25) is 4.79 Å². The van der Waals surface area contributed by atoms with Gasteiger partial charge in [0.25, 0.3) is 0 Å². The van der Waals surface area contributed by atoms with Crippen molar-refractivity contribution in [3.05, 3.63) is 54.4 Å². The zero-order valence-corrected chi connectivity index (χ0v) is 13.0. The molecule has 1 N–H and O–H groups in total. The van der Waals surface area contributed by atoms with Gasteiger partial charge in [0.15, 0.2) is 0 Å². The molecule has 2 aromatic heterocycles. The molecule has 0 aliphatic carbocycles. The molecule has 0 atom stereocenters. The Labute approximate surface area is 129 Å². The third-order valence-corrected chi connectivity index (χ3v) is 3.65. The van der Waals surface area contributed by atoms with Gasteiger partial charge < -0.3 is 9.72 Å². The Balaban J connectivity index is 1.97. The average Bonchev–Trinajstić information content (AvgIpc) is 2.93. The van der Waals surface area contributed by atoms with Crippen LogP contribution in [0.1, 0.15) is 19.5 Å². The van der Waals surface area contributed by atoms with Crippen molar-refractivity contribution in [1.82, 2.24) is 9.38 Å². The number of imidazole rings is 1. The van der Waals surface area contributed by atoms with Crippen molar-refractivity contribution in [2.45, 2.75) is 20.8 Å². The number of hydrogen-bond acceptors (Lipinski definition) is 2. The van der Waals surface area contributed by atoms with Crippen molar-refractivity contribution >= 4 is 17.2 Å². The van der Waals surface area contributed by atoms with Gasteiger partial charge in [-0.15, -0.1) is 0 Å². The Hall–Kier alpha value is -2.62. The van der Waals surface area contributed by atoms with E-state index in [2.05, 4.69) is 27.7 Å². The normalized spacial score (nSPS) is 11.1. The molecule has 0 saturated heterocycles. The van der Waals surface area contributed by atoms with E-state index >= 15 is 0 Å². The summed E-state index contributed by atoms with van der Waals surface area (Å²) >= 11 is 0. The van der Waals surface area contributed by atoms with Crippen molar-refractivity contribution in [3.8, 4) is 11.3 Å². The van der Waals surface area contributed by atoms with Crippen LogP contribution < -0.4 is 5.32 Å². The van der Waals surface area contributed by atoms with Crippen molar-refractivity contribution in [3.63, 3.8) is 0 Å². The second-order valence-corrected chi connectivity index (χ2v) is 5.75. The van der Waals surface area contributed by atoms with E-state index in [0.717, 1.165) is 28.3 Å². The summed E-state index contributed by atoms with van der Waals surface area (Å²) in [5, 5.41) is 2.92. The van der Waals surface area contributed by atoms with Gasteiger partial charge in [0, 0.05) is 29.1 Å². The van der Waals surface area contributed by atoms with E-state index in [0.29, 0.717) is 0 Å².